The summed E-state index contributed by atoms with van der Waals surface area (Å²) in [6.45, 7) is 6.33. The lowest BCUT2D eigenvalue weighted by Gasteiger charge is -2.41. The number of carbonyl (C=O) groups excluding carboxylic acids is 2. The predicted molar refractivity (Wildman–Crippen MR) is 105 cm³/mol. The molecule has 2 fully saturated rings. The van der Waals surface area contributed by atoms with Crippen molar-refractivity contribution in [2.45, 2.75) is 39.3 Å². The maximum atomic E-state index is 12.7. The molecule has 1 N–H and O–H groups in total. The van der Waals surface area contributed by atoms with E-state index in [4.69, 9.17) is 13.9 Å². The molecular weight excluding hydrogens is 376 g/mol. The number of nitrogens with zero attached hydrogens (tertiary/aromatic N) is 1. The number of carbonyl (C=O) groups is 2. The van der Waals surface area contributed by atoms with E-state index in [2.05, 4.69) is 5.32 Å². The summed E-state index contributed by atoms with van der Waals surface area (Å²) >= 11 is 0. The topological polar surface area (TPSA) is 98.1 Å². The minimum atomic E-state index is -0.373. The molecule has 2 aromatic rings. The fraction of sp³-hybridized carbons (Fsp3) is 0.476. The zero-order chi connectivity index (χ0) is 20.7. The van der Waals surface area contributed by atoms with Crippen LogP contribution in [0.5, 0.6) is 5.75 Å². The largest absolute Gasteiger partial charge is 0.483 e. The van der Waals surface area contributed by atoms with Crippen molar-refractivity contribution in [3.63, 3.8) is 0 Å². The van der Waals surface area contributed by atoms with Gasteiger partial charge < -0.3 is 24.1 Å². The number of amides is 2. The van der Waals surface area contributed by atoms with E-state index >= 15 is 0 Å². The van der Waals surface area contributed by atoms with Gasteiger partial charge in [-0.3, -0.25) is 9.59 Å². The SMILES string of the molecule is Cc1cc(OCC(=O)N2CC[C@H]3OCC(=O)N[C@H]3C2)c2c(C)c(C)c(=O)oc2c1. The number of nitrogens with one attached hydrogen (secondary N) is 1. The first-order valence-electron chi connectivity index (χ1n) is 9.69. The quantitative estimate of drug-likeness (QED) is 0.778. The van der Waals surface area contributed by atoms with E-state index in [0.717, 1.165) is 11.1 Å². The predicted octanol–water partition coefficient (Wildman–Crippen LogP) is 1.21. The zero-order valence-corrected chi connectivity index (χ0v) is 16.7. The van der Waals surface area contributed by atoms with Gasteiger partial charge in [0.25, 0.3) is 5.91 Å². The molecule has 0 unspecified atom stereocenters. The molecule has 2 aliphatic rings. The van der Waals surface area contributed by atoms with E-state index in [-0.39, 0.29) is 42.8 Å². The van der Waals surface area contributed by atoms with Crippen LogP contribution in [0.1, 0.15) is 23.1 Å². The van der Waals surface area contributed by atoms with Crippen LogP contribution in [0.2, 0.25) is 0 Å². The van der Waals surface area contributed by atoms with Crippen molar-refractivity contribution >= 4 is 22.8 Å². The third-order valence-corrected chi connectivity index (χ3v) is 5.68. The molecule has 0 radical (unpaired) electrons. The number of aryl methyl sites for hydroxylation is 2. The normalized spacial score (nSPS) is 21.6. The lowest BCUT2D eigenvalue weighted by molar-refractivity contribution is -0.147. The summed E-state index contributed by atoms with van der Waals surface area (Å²) in [6.07, 6.45) is 0.625. The van der Waals surface area contributed by atoms with Gasteiger partial charge in [0.05, 0.1) is 17.5 Å². The smallest absolute Gasteiger partial charge is 0.339 e. The van der Waals surface area contributed by atoms with Crippen molar-refractivity contribution in [2.24, 2.45) is 0 Å². The molecular formula is C21H24N2O6. The molecule has 3 heterocycles. The highest BCUT2D eigenvalue weighted by Crippen LogP contribution is 2.31. The number of likely N-dealkylation sites (tertiary alicyclic amines) is 1. The third kappa shape index (κ3) is 3.72. The molecule has 8 nitrogen and oxygen atoms in total. The highest BCUT2D eigenvalue weighted by Gasteiger charge is 2.36. The Kier molecular flexibility index (Phi) is 5.04. The van der Waals surface area contributed by atoms with Crippen molar-refractivity contribution in [1.29, 1.82) is 0 Å². The number of hydrogen-bond donors (Lipinski definition) is 1. The Labute approximate surface area is 167 Å². The van der Waals surface area contributed by atoms with E-state index in [0.29, 0.717) is 41.8 Å². The van der Waals surface area contributed by atoms with Crippen LogP contribution in [0.25, 0.3) is 11.0 Å². The fourth-order valence-electron chi connectivity index (χ4n) is 3.96. The van der Waals surface area contributed by atoms with Gasteiger partial charge in [0.1, 0.15) is 17.9 Å². The van der Waals surface area contributed by atoms with Crippen LogP contribution in [0.3, 0.4) is 0 Å². The number of morpholine rings is 1. The third-order valence-electron chi connectivity index (χ3n) is 5.68. The Morgan fingerprint density at radius 3 is 2.83 bits per heavy atom. The van der Waals surface area contributed by atoms with Gasteiger partial charge in [-0.2, -0.15) is 0 Å². The summed E-state index contributed by atoms with van der Waals surface area (Å²) in [5.74, 6) is 0.196. The van der Waals surface area contributed by atoms with Gasteiger partial charge >= 0.3 is 5.63 Å². The fourth-order valence-corrected chi connectivity index (χ4v) is 3.96. The number of rotatable bonds is 3. The average Bonchev–Trinajstić information content (AvgIpc) is 2.69. The van der Waals surface area contributed by atoms with Gasteiger partial charge in [-0.25, -0.2) is 4.79 Å². The van der Waals surface area contributed by atoms with Crippen molar-refractivity contribution in [2.75, 3.05) is 26.3 Å². The molecule has 1 aromatic heterocycles. The molecule has 8 heteroatoms. The Hall–Kier alpha value is -2.87. The van der Waals surface area contributed by atoms with Gasteiger partial charge in [-0.05, 0) is 50.5 Å². The summed E-state index contributed by atoms with van der Waals surface area (Å²) in [5, 5.41) is 3.59. The van der Waals surface area contributed by atoms with Crippen molar-refractivity contribution in [1.82, 2.24) is 10.2 Å². The lowest BCUT2D eigenvalue weighted by atomic mass is 10.0. The maximum Gasteiger partial charge on any atom is 0.339 e. The van der Waals surface area contributed by atoms with E-state index in [9.17, 15) is 14.4 Å². The Morgan fingerprint density at radius 1 is 1.24 bits per heavy atom. The summed E-state index contributed by atoms with van der Waals surface area (Å²) in [5.41, 5.74) is 2.24. The second-order valence-corrected chi connectivity index (χ2v) is 7.72. The maximum absolute atomic E-state index is 12.7. The highest BCUT2D eigenvalue weighted by molar-refractivity contribution is 5.88. The molecule has 1 aromatic carbocycles. The minimum Gasteiger partial charge on any atom is -0.483 e. The molecule has 29 heavy (non-hydrogen) atoms. The molecule has 4 rings (SSSR count). The van der Waals surface area contributed by atoms with Gasteiger partial charge in [-0.1, -0.05) is 0 Å². The van der Waals surface area contributed by atoms with Gasteiger partial charge in [0.2, 0.25) is 5.91 Å². The minimum absolute atomic E-state index is 0.0492. The average molecular weight is 400 g/mol. The van der Waals surface area contributed by atoms with Crippen LogP contribution in [0, 0.1) is 20.8 Å². The molecule has 0 spiro atoms. The van der Waals surface area contributed by atoms with E-state index in [1.165, 1.54) is 0 Å². The highest BCUT2D eigenvalue weighted by atomic mass is 16.5. The second-order valence-electron chi connectivity index (χ2n) is 7.72. The zero-order valence-electron chi connectivity index (χ0n) is 16.7. The van der Waals surface area contributed by atoms with E-state index in [1.807, 2.05) is 19.9 Å². The summed E-state index contributed by atoms with van der Waals surface area (Å²) in [6, 6.07) is 3.44. The summed E-state index contributed by atoms with van der Waals surface area (Å²) in [4.78, 5) is 37.9. The van der Waals surface area contributed by atoms with Crippen LogP contribution < -0.4 is 15.7 Å². The number of benzene rings is 1. The molecule has 2 atom stereocenters. The molecule has 154 valence electrons. The Bertz CT molecular complexity index is 1040. The number of hydrogen-bond acceptors (Lipinski definition) is 6. The molecule has 0 bridgehead atoms. The first kappa shape index (κ1) is 19.4. The van der Waals surface area contributed by atoms with Gasteiger partial charge in [-0.15, -0.1) is 0 Å². The van der Waals surface area contributed by atoms with Crippen molar-refractivity contribution < 1.29 is 23.5 Å². The van der Waals surface area contributed by atoms with Crippen LogP contribution in [0.4, 0.5) is 0 Å². The first-order valence-corrected chi connectivity index (χ1v) is 9.69. The Morgan fingerprint density at radius 2 is 2.03 bits per heavy atom. The van der Waals surface area contributed by atoms with Gasteiger partial charge in [0.15, 0.2) is 6.61 Å². The van der Waals surface area contributed by atoms with Gasteiger partial charge in [0, 0.05) is 18.7 Å². The van der Waals surface area contributed by atoms with E-state index < -0.39 is 0 Å². The first-order chi connectivity index (χ1) is 13.8. The molecule has 0 aliphatic carbocycles. The van der Waals surface area contributed by atoms with Crippen LogP contribution in [-0.4, -0.2) is 55.2 Å². The standard InChI is InChI=1S/C21H24N2O6/c1-11-6-16(20-12(2)13(3)21(26)29-17(20)7-11)28-10-19(25)23-5-4-15-14(8-23)22-18(24)9-27-15/h6-7,14-15H,4-5,8-10H2,1-3H3,(H,22,24)/t14-,15+/m0/s1. The summed E-state index contributed by atoms with van der Waals surface area (Å²) < 4.78 is 16.8. The van der Waals surface area contributed by atoms with Crippen LogP contribution in [0.15, 0.2) is 21.3 Å². The van der Waals surface area contributed by atoms with Crippen molar-refractivity contribution in [3.8, 4) is 5.75 Å². The number of ether oxygens (including phenoxy) is 2. The monoisotopic (exact) mass is 400 g/mol. The van der Waals surface area contributed by atoms with Crippen molar-refractivity contribution in [3.05, 3.63) is 39.2 Å². The molecule has 2 aliphatic heterocycles. The molecule has 2 amide bonds. The second kappa shape index (κ2) is 7.51. The lowest BCUT2D eigenvalue weighted by Crippen LogP contribution is -2.61. The molecule has 2 saturated heterocycles. The number of fused-ring (bicyclic) bond motifs is 2. The summed E-state index contributed by atoms with van der Waals surface area (Å²) in [7, 11) is 0. The molecule has 0 saturated carbocycles. The number of piperidine rings is 1. The Balaban J connectivity index is 1.51. The van der Waals surface area contributed by atoms with E-state index in [1.54, 1.807) is 17.9 Å². The van der Waals surface area contributed by atoms with Crippen LogP contribution in [-0.2, 0) is 14.3 Å². The van der Waals surface area contributed by atoms with Crippen LogP contribution >= 0.6 is 0 Å².